The van der Waals surface area contributed by atoms with Crippen LogP contribution in [0, 0.1) is 5.92 Å². The number of likely N-dealkylation sites (N-methyl/N-ethyl adjacent to an activating group) is 1. The molecule has 1 aromatic rings. The molecule has 2 rings (SSSR count). The molecule has 0 bridgehead atoms. The summed E-state index contributed by atoms with van der Waals surface area (Å²) in [5, 5.41) is 0. The molecule has 0 amide bonds. The van der Waals surface area contributed by atoms with Gasteiger partial charge in [-0.1, -0.05) is 13.8 Å². The van der Waals surface area contributed by atoms with Crippen molar-refractivity contribution in [1.82, 2.24) is 19.9 Å². The number of hydrogen-bond donors (Lipinski definition) is 0. The minimum atomic E-state index is 0.0976. The monoisotopic (exact) mass is 348 g/mol. The summed E-state index contributed by atoms with van der Waals surface area (Å²) in [6.45, 7) is 14.5. The minimum absolute atomic E-state index is 0.0976. The number of carbonyl (C=O) groups is 1. The van der Waals surface area contributed by atoms with Crippen molar-refractivity contribution in [3.05, 3.63) is 5.82 Å². The molecule has 1 saturated heterocycles. The Morgan fingerprint density at radius 2 is 1.72 bits per heavy atom. The summed E-state index contributed by atoms with van der Waals surface area (Å²) in [6.07, 6.45) is 0.808. The normalized spacial score (nSPS) is 15.9. The summed E-state index contributed by atoms with van der Waals surface area (Å²) in [4.78, 5) is 31.9. The van der Waals surface area contributed by atoms with Crippen molar-refractivity contribution >= 4 is 17.7 Å². The summed E-state index contributed by atoms with van der Waals surface area (Å²) in [7, 11) is 1.86. The van der Waals surface area contributed by atoms with Crippen molar-refractivity contribution in [1.29, 1.82) is 0 Å². The highest BCUT2D eigenvalue weighted by molar-refractivity contribution is 5.80. The molecular formula is C18H32N6O. The Morgan fingerprint density at radius 1 is 1.08 bits per heavy atom. The number of ketones is 1. The van der Waals surface area contributed by atoms with Gasteiger partial charge in [-0.25, -0.2) is 0 Å². The van der Waals surface area contributed by atoms with Crippen LogP contribution < -0.4 is 9.80 Å². The van der Waals surface area contributed by atoms with Gasteiger partial charge in [0.2, 0.25) is 11.9 Å². The van der Waals surface area contributed by atoms with E-state index in [0.717, 1.165) is 44.4 Å². The van der Waals surface area contributed by atoms with E-state index in [2.05, 4.69) is 47.5 Å². The zero-order chi connectivity index (χ0) is 18.6. The highest BCUT2D eigenvalue weighted by Crippen LogP contribution is 2.17. The maximum Gasteiger partial charge on any atom is 0.230 e. The second kappa shape index (κ2) is 8.56. The van der Waals surface area contributed by atoms with Gasteiger partial charge < -0.3 is 9.80 Å². The lowest BCUT2D eigenvalue weighted by atomic mass is 10.1. The highest BCUT2D eigenvalue weighted by Gasteiger charge is 2.22. The first kappa shape index (κ1) is 19.6. The van der Waals surface area contributed by atoms with Crippen LogP contribution in [-0.4, -0.2) is 71.4 Å². The first-order chi connectivity index (χ1) is 11.8. The van der Waals surface area contributed by atoms with Gasteiger partial charge in [-0.3, -0.25) is 9.69 Å². The fourth-order valence-electron chi connectivity index (χ4n) is 3.01. The Kier molecular flexibility index (Phi) is 6.70. The number of nitrogens with zero attached hydrogens (tertiary/aromatic N) is 6. The third kappa shape index (κ3) is 5.63. The molecule has 7 heteroatoms. The maximum absolute atomic E-state index is 11.4. The quantitative estimate of drug-likeness (QED) is 0.742. The van der Waals surface area contributed by atoms with Gasteiger partial charge in [0.05, 0.1) is 6.54 Å². The van der Waals surface area contributed by atoms with Gasteiger partial charge >= 0.3 is 0 Å². The number of aromatic nitrogens is 3. The number of Topliss-reactive ketones (excluding diaryl/α,β-unsaturated/α-hetero) is 1. The summed E-state index contributed by atoms with van der Waals surface area (Å²) in [6, 6.07) is 0.564. The van der Waals surface area contributed by atoms with Gasteiger partial charge in [-0.05, 0) is 26.7 Å². The van der Waals surface area contributed by atoms with Crippen LogP contribution in [0.15, 0.2) is 0 Å². The maximum atomic E-state index is 11.4. The molecule has 1 aliphatic rings. The Bertz CT molecular complexity index is 581. The van der Waals surface area contributed by atoms with E-state index in [1.807, 2.05) is 11.9 Å². The van der Waals surface area contributed by atoms with E-state index in [-0.39, 0.29) is 5.78 Å². The van der Waals surface area contributed by atoms with E-state index in [9.17, 15) is 4.79 Å². The predicted octanol–water partition coefficient (Wildman–Crippen LogP) is 1.63. The van der Waals surface area contributed by atoms with Crippen LogP contribution in [0.4, 0.5) is 11.9 Å². The van der Waals surface area contributed by atoms with E-state index in [0.29, 0.717) is 24.5 Å². The smallest absolute Gasteiger partial charge is 0.230 e. The van der Waals surface area contributed by atoms with E-state index in [1.54, 1.807) is 6.92 Å². The van der Waals surface area contributed by atoms with Crippen molar-refractivity contribution in [2.45, 2.75) is 47.1 Å². The van der Waals surface area contributed by atoms with Crippen molar-refractivity contribution in [3.8, 4) is 0 Å². The molecule has 0 atom stereocenters. The van der Waals surface area contributed by atoms with Gasteiger partial charge in [0.25, 0.3) is 0 Å². The molecule has 1 fully saturated rings. The molecule has 1 aliphatic heterocycles. The first-order valence-electron chi connectivity index (χ1n) is 9.20. The van der Waals surface area contributed by atoms with Gasteiger partial charge in [0.1, 0.15) is 11.6 Å². The van der Waals surface area contributed by atoms with Crippen LogP contribution in [-0.2, 0) is 11.2 Å². The van der Waals surface area contributed by atoms with Crippen molar-refractivity contribution in [2.75, 3.05) is 49.6 Å². The van der Waals surface area contributed by atoms with Crippen molar-refractivity contribution in [2.24, 2.45) is 5.92 Å². The number of anilines is 2. The molecular weight excluding hydrogens is 316 g/mol. The molecule has 0 aliphatic carbocycles. The molecule has 0 saturated carbocycles. The van der Waals surface area contributed by atoms with Crippen molar-refractivity contribution < 1.29 is 4.79 Å². The van der Waals surface area contributed by atoms with E-state index in [1.165, 1.54) is 0 Å². The molecule has 1 aromatic heterocycles. The molecule has 0 unspecified atom stereocenters. The van der Waals surface area contributed by atoms with Crippen LogP contribution >= 0.6 is 0 Å². The number of piperazine rings is 1. The zero-order valence-corrected chi connectivity index (χ0v) is 16.5. The summed E-state index contributed by atoms with van der Waals surface area (Å²) in [5.74, 6) is 2.69. The Labute approximate surface area is 151 Å². The van der Waals surface area contributed by atoms with Crippen LogP contribution in [0.3, 0.4) is 0 Å². The van der Waals surface area contributed by atoms with Gasteiger partial charge in [0.15, 0.2) is 0 Å². The van der Waals surface area contributed by atoms with Crippen LogP contribution in [0.2, 0.25) is 0 Å². The summed E-state index contributed by atoms with van der Waals surface area (Å²) >= 11 is 0. The second-order valence-electron chi connectivity index (χ2n) is 7.62. The average Bonchev–Trinajstić information content (AvgIpc) is 2.53. The van der Waals surface area contributed by atoms with Crippen molar-refractivity contribution in [3.63, 3.8) is 0 Å². The molecule has 7 nitrogen and oxygen atoms in total. The second-order valence-corrected chi connectivity index (χ2v) is 7.62. The van der Waals surface area contributed by atoms with Crippen LogP contribution in [0.25, 0.3) is 0 Å². The molecule has 0 aromatic carbocycles. The topological polar surface area (TPSA) is 65.5 Å². The van der Waals surface area contributed by atoms with Crippen LogP contribution in [0.5, 0.6) is 0 Å². The first-order valence-corrected chi connectivity index (χ1v) is 9.20. The van der Waals surface area contributed by atoms with Gasteiger partial charge in [-0.2, -0.15) is 15.0 Å². The van der Waals surface area contributed by atoms with E-state index < -0.39 is 0 Å². The molecule has 2 heterocycles. The zero-order valence-electron chi connectivity index (χ0n) is 16.5. The summed E-state index contributed by atoms with van der Waals surface area (Å²) in [5.41, 5.74) is 0. The molecule has 140 valence electrons. The average molecular weight is 348 g/mol. The summed E-state index contributed by atoms with van der Waals surface area (Å²) < 4.78 is 0. The fourth-order valence-corrected chi connectivity index (χ4v) is 3.01. The predicted molar refractivity (Wildman–Crippen MR) is 101 cm³/mol. The number of rotatable bonds is 7. The number of carbonyl (C=O) groups excluding carboxylic acids is 1. The molecule has 0 N–H and O–H groups in total. The SMILES string of the molecule is CC(=O)CN(C)c1nc(CC(C)C)nc(N2CCN(C(C)C)CC2)n1. The van der Waals surface area contributed by atoms with Gasteiger partial charge in [-0.15, -0.1) is 0 Å². The van der Waals surface area contributed by atoms with Gasteiger partial charge in [0, 0.05) is 45.7 Å². The Balaban J connectivity index is 2.22. The van der Waals surface area contributed by atoms with E-state index in [4.69, 9.17) is 4.98 Å². The highest BCUT2D eigenvalue weighted by atomic mass is 16.1. The standard InChI is InChI=1S/C18H32N6O/c1-13(2)11-16-19-17(22(6)12-15(5)25)21-18(20-16)24-9-7-23(8-10-24)14(3)4/h13-14H,7-12H2,1-6H3. The third-order valence-corrected chi connectivity index (χ3v) is 4.38. The minimum Gasteiger partial charge on any atom is -0.338 e. The largest absolute Gasteiger partial charge is 0.338 e. The molecule has 0 spiro atoms. The Hall–Kier alpha value is -1.76. The lowest BCUT2D eigenvalue weighted by Crippen LogP contribution is -2.49. The lowest BCUT2D eigenvalue weighted by molar-refractivity contribution is -0.115. The van der Waals surface area contributed by atoms with Crippen LogP contribution in [0.1, 0.15) is 40.4 Å². The lowest BCUT2D eigenvalue weighted by Gasteiger charge is -2.37. The van der Waals surface area contributed by atoms with E-state index >= 15 is 0 Å². The number of hydrogen-bond acceptors (Lipinski definition) is 7. The fraction of sp³-hybridized carbons (Fsp3) is 0.778. The molecule has 0 radical (unpaired) electrons. The third-order valence-electron chi connectivity index (χ3n) is 4.38. The molecule has 25 heavy (non-hydrogen) atoms. The Morgan fingerprint density at radius 3 is 2.24 bits per heavy atom.